The average Bonchev–Trinajstić information content (AvgIpc) is 3.45. The van der Waals surface area contributed by atoms with Crippen LogP contribution in [0.15, 0.2) is 78.0 Å². The van der Waals surface area contributed by atoms with Crippen LogP contribution >= 0.6 is 0 Å². The van der Waals surface area contributed by atoms with Crippen molar-refractivity contribution >= 4 is 15.7 Å². The second-order valence-electron chi connectivity index (χ2n) is 9.71. The predicted octanol–water partition coefficient (Wildman–Crippen LogP) is 4.24. The van der Waals surface area contributed by atoms with Gasteiger partial charge in [0.2, 0.25) is 0 Å². The van der Waals surface area contributed by atoms with E-state index >= 15 is 0 Å². The molecular formula is C29H37N7O3S. The summed E-state index contributed by atoms with van der Waals surface area (Å²) in [5, 5.41) is 26.1. The number of aryl methyl sites for hydroxylation is 1. The number of aliphatic hydroxyl groups excluding tert-OH is 1. The topological polar surface area (TPSA) is 135 Å². The summed E-state index contributed by atoms with van der Waals surface area (Å²) in [6.07, 6.45) is 10.1. The molecule has 0 aliphatic rings. The molecule has 11 heteroatoms. The molecule has 2 aromatic carbocycles. The summed E-state index contributed by atoms with van der Waals surface area (Å²) >= 11 is 0. The number of sulfonamides is 1. The highest BCUT2D eigenvalue weighted by molar-refractivity contribution is 7.92. The Morgan fingerprint density at radius 3 is 2.45 bits per heavy atom. The maximum absolute atomic E-state index is 12.9. The average molecular weight is 564 g/mol. The predicted molar refractivity (Wildman–Crippen MR) is 155 cm³/mol. The third-order valence-corrected chi connectivity index (χ3v) is 7.94. The molecule has 0 aliphatic carbocycles. The Balaban J connectivity index is 1.24. The molecule has 212 valence electrons. The molecule has 0 spiro atoms. The van der Waals surface area contributed by atoms with Gasteiger partial charge in [0, 0.05) is 36.6 Å². The van der Waals surface area contributed by atoms with Crippen molar-refractivity contribution in [1.29, 1.82) is 0 Å². The van der Waals surface area contributed by atoms with E-state index in [4.69, 9.17) is 0 Å². The third-order valence-electron chi connectivity index (χ3n) is 6.54. The van der Waals surface area contributed by atoms with E-state index in [-0.39, 0.29) is 4.90 Å². The Bertz CT molecular complexity index is 1410. The number of hydrogen-bond donors (Lipinski definition) is 3. The molecule has 0 fully saturated rings. The van der Waals surface area contributed by atoms with Crippen LogP contribution in [0.25, 0.3) is 5.69 Å². The quantitative estimate of drug-likeness (QED) is 0.172. The number of rotatable bonds is 16. The first-order valence-electron chi connectivity index (χ1n) is 13.7. The minimum Gasteiger partial charge on any atom is -0.387 e. The fraction of sp³-hybridized carbons (Fsp3) is 0.379. The van der Waals surface area contributed by atoms with Crippen LogP contribution in [0.2, 0.25) is 0 Å². The van der Waals surface area contributed by atoms with E-state index in [1.165, 1.54) is 36.2 Å². The van der Waals surface area contributed by atoms with E-state index in [2.05, 4.69) is 37.4 Å². The highest BCUT2D eigenvalue weighted by Gasteiger charge is 2.15. The van der Waals surface area contributed by atoms with Crippen LogP contribution in [0.4, 0.5) is 5.69 Å². The van der Waals surface area contributed by atoms with Crippen molar-refractivity contribution in [1.82, 2.24) is 30.5 Å². The number of hydrogen-bond acceptors (Lipinski definition) is 8. The summed E-state index contributed by atoms with van der Waals surface area (Å²) in [4.78, 5) is 5.60. The monoisotopic (exact) mass is 563 g/mol. The zero-order chi connectivity index (χ0) is 28.2. The summed E-state index contributed by atoms with van der Waals surface area (Å²) < 4.78 is 28.5. The van der Waals surface area contributed by atoms with E-state index in [9.17, 15) is 13.5 Å². The number of pyridine rings is 1. The van der Waals surface area contributed by atoms with Gasteiger partial charge in [-0.3, -0.25) is 9.71 Å². The van der Waals surface area contributed by atoms with Crippen LogP contribution in [-0.4, -0.2) is 51.8 Å². The van der Waals surface area contributed by atoms with E-state index in [0.29, 0.717) is 30.3 Å². The number of benzene rings is 2. The van der Waals surface area contributed by atoms with E-state index in [1.54, 1.807) is 42.7 Å². The SMILES string of the molecule is CCCCCCCc1nnn(-c2ccc(S(=O)(=O)Nc3ccc(CCNCC(O)c4cccnc4)cc3)cc2)n1. The lowest BCUT2D eigenvalue weighted by molar-refractivity contribution is 0.174. The van der Waals surface area contributed by atoms with Crippen molar-refractivity contribution in [3.05, 3.63) is 90.0 Å². The van der Waals surface area contributed by atoms with Crippen molar-refractivity contribution < 1.29 is 13.5 Å². The molecule has 0 radical (unpaired) electrons. The van der Waals surface area contributed by atoms with Crippen molar-refractivity contribution in [2.45, 2.75) is 62.9 Å². The van der Waals surface area contributed by atoms with Crippen molar-refractivity contribution in [2.24, 2.45) is 0 Å². The molecule has 0 saturated heterocycles. The molecular weight excluding hydrogens is 526 g/mol. The normalized spacial score (nSPS) is 12.3. The van der Waals surface area contributed by atoms with Gasteiger partial charge in [-0.05, 0) is 72.6 Å². The molecule has 0 bridgehead atoms. The van der Waals surface area contributed by atoms with Gasteiger partial charge in [-0.25, -0.2) is 8.42 Å². The van der Waals surface area contributed by atoms with Gasteiger partial charge >= 0.3 is 0 Å². The number of nitrogens with one attached hydrogen (secondary N) is 2. The van der Waals surface area contributed by atoms with Gasteiger partial charge < -0.3 is 10.4 Å². The highest BCUT2D eigenvalue weighted by atomic mass is 32.2. The summed E-state index contributed by atoms with van der Waals surface area (Å²) in [7, 11) is -3.76. The zero-order valence-corrected chi connectivity index (χ0v) is 23.6. The number of aliphatic hydroxyl groups is 1. The maximum atomic E-state index is 12.9. The lowest BCUT2D eigenvalue weighted by Crippen LogP contribution is -2.23. The summed E-state index contributed by atoms with van der Waals surface area (Å²) in [5.41, 5.74) is 2.95. The first-order valence-corrected chi connectivity index (χ1v) is 15.2. The van der Waals surface area contributed by atoms with Gasteiger partial charge in [-0.15, -0.1) is 15.0 Å². The van der Waals surface area contributed by atoms with Gasteiger partial charge in [0.05, 0.1) is 16.7 Å². The highest BCUT2D eigenvalue weighted by Crippen LogP contribution is 2.19. The standard InChI is InChI=1S/C29H37N7O3S/c1-2-3-4-5-6-9-29-32-35-36(33-29)26-14-16-27(17-15-26)40(38,39)34-25-12-10-23(11-13-25)18-20-31-22-28(37)24-8-7-19-30-21-24/h7-8,10-17,19,21,28,31,34,37H,2-6,9,18,20,22H2,1H3. The van der Waals surface area contributed by atoms with Crippen LogP contribution in [0, 0.1) is 0 Å². The number of unbranched alkanes of at least 4 members (excludes halogenated alkanes) is 4. The number of nitrogens with zero attached hydrogens (tertiary/aromatic N) is 5. The third kappa shape index (κ3) is 8.67. The fourth-order valence-corrected chi connectivity index (χ4v) is 5.27. The first-order chi connectivity index (χ1) is 19.4. The van der Waals surface area contributed by atoms with Gasteiger partial charge in [-0.2, -0.15) is 0 Å². The fourth-order valence-electron chi connectivity index (χ4n) is 4.21. The molecule has 3 N–H and O–H groups in total. The Kier molecular flexibility index (Phi) is 10.7. The molecule has 0 amide bonds. The molecule has 0 aliphatic heterocycles. The molecule has 2 heterocycles. The van der Waals surface area contributed by atoms with E-state index in [0.717, 1.165) is 36.8 Å². The van der Waals surface area contributed by atoms with E-state index < -0.39 is 16.1 Å². The first kappa shape index (κ1) is 29.3. The maximum Gasteiger partial charge on any atom is 0.261 e. The van der Waals surface area contributed by atoms with Gasteiger partial charge in [0.25, 0.3) is 10.0 Å². The second-order valence-corrected chi connectivity index (χ2v) is 11.4. The molecule has 2 aromatic heterocycles. The van der Waals surface area contributed by atoms with Crippen molar-refractivity contribution in [3.8, 4) is 5.69 Å². The zero-order valence-electron chi connectivity index (χ0n) is 22.8. The smallest absolute Gasteiger partial charge is 0.261 e. The second kappa shape index (κ2) is 14.6. The lowest BCUT2D eigenvalue weighted by Gasteiger charge is -2.12. The van der Waals surface area contributed by atoms with E-state index in [1.807, 2.05) is 18.2 Å². The molecule has 4 rings (SSSR count). The Morgan fingerprint density at radius 1 is 0.950 bits per heavy atom. The molecule has 1 unspecified atom stereocenters. The largest absolute Gasteiger partial charge is 0.387 e. The minimum atomic E-state index is -3.76. The molecule has 4 aromatic rings. The Hall–Kier alpha value is -3.67. The molecule has 1 atom stereocenters. The van der Waals surface area contributed by atoms with Crippen LogP contribution in [0.1, 0.15) is 62.1 Å². The van der Waals surface area contributed by atoms with Crippen molar-refractivity contribution in [2.75, 3.05) is 17.8 Å². The Morgan fingerprint density at radius 2 is 1.73 bits per heavy atom. The van der Waals surface area contributed by atoms with Gasteiger partial charge in [0.1, 0.15) is 0 Å². The minimum absolute atomic E-state index is 0.146. The number of tetrazole rings is 1. The van der Waals surface area contributed by atoms with Crippen LogP contribution in [0.5, 0.6) is 0 Å². The van der Waals surface area contributed by atoms with Crippen LogP contribution in [-0.2, 0) is 22.9 Å². The van der Waals surface area contributed by atoms with Crippen LogP contribution < -0.4 is 10.0 Å². The van der Waals surface area contributed by atoms with Gasteiger partial charge in [0.15, 0.2) is 5.82 Å². The van der Waals surface area contributed by atoms with Gasteiger partial charge in [-0.1, -0.05) is 50.8 Å². The van der Waals surface area contributed by atoms with Crippen LogP contribution in [0.3, 0.4) is 0 Å². The lowest BCUT2D eigenvalue weighted by atomic mass is 10.1. The molecule has 10 nitrogen and oxygen atoms in total. The molecule has 0 saturated carbocycles. The summed E-state index contributed by atoms with van der Waals surface area (Å²) in [6.45, 7) is 3.30. The number of aromatic nitrogens is 5. The number of anilines is 1. The summed E-state index contributed by atoms with van der Waals surface area (Å²) in [5.74, 6) is 0.691. The molecule has 40 heavy (non-hydrogen) atoms. The Labute approximate surface area is 235 Å². The van der Waals surface area contributed by atoms with Crippen molar-refractivity contribution in [3.63, 3.8) is 0 Å². The summed E-state index contributed by atoms with van der Waals surface area (Å²) in [6, 6.07) is 17.3.